The van der Waals surface area contributed by atoms with Gasteiger partial charge in [0.15, 0.2) is 5.96 Å². The second-order valence-electron chi connectivity index (χ2n) is 5.72. The topological polar surface area (TPSA) is 66.0 Å². The summed E-state index contributed by atoms with van der Waals surface area (Å²) in [5, 5.41) is 6.38. The van der Waals surface area contributed by atoms with E-state index in [1.165, 1.54) is 0 Å². The summed E-state index contributed by atoms with van der Waals surface area (Å²) in [4.78, 5) is 17.9. The third-order valence-corrected chi connectivity index (χ3v) is 4.04. The molecule has 2 N–H and O–H groups in total. The molecule has 1 unspecified atom stereocenters. The molecule has 0 aliphatic rings. The van der Waals surface area contributed by atoms with Crippen LogP contribution >= 0.6 is 15.9 Å². The molecule has 0 bridgehead atoms. The molecule has 1 aromatic carbocycles. The quantitative estimate of drug-likeness (QED) is 0.546. The molecule has 1 aromatic rings. The van der Waals surface area contributed by atoms with Crippen molar-refractivity contribution in [1.29, 1.82) is 0 Å². The van der Waals surface area contributed by atoms with Crippen LogP contribution in [0.25, 0.3) is 0 Å². The lowest BCUT2D eigenvalue weighted by atomic mass is 10.2. The lowest BCUT2D eigenvalue weighted by Gasteiger charge is -2.18. The first-order chi connectivity index (χ1) is 11.4. The smallest absolute Gasteiger partial charge is 0.241 e. The Kier molecular flexibility index (Phi) is 8.60. The van der Waals surface area contributed by atoms with Crippen LogP contribution in [0.3, 0.4) is 0 Å². The van der Waals surface area contributed by atoms with Crippen molar-refractivity contribution in [1.82, 2.24) is 15.5 Å². The minimum Gasteiger partial charge on any atom is -0.496 e. The Hall–Kier alpha value is -1.76. The molecule has 0 saturated carbocycles. The minimum atomic E-state index is -0.00584. The van der Waals surface area contributed by atoms with Gasteiger partial charge in [-0.05, 0) is 31.5 Å². The van der Waals surface area contributed by atoms with Gasteiger partial charge in [-0.1, -0.05) is 22.9 Å². The van der Waals surface area contributed by atoms with Crippen LogP contribution in [0.5, 0.6) is 5.75 Å². The number of ether oxygens (including phenoxy) is 1. The van der Waals surface area contributed by atoms with Gasteiger partial charge in [0.2, 0.25) is 5.91 Å². The number of methoxy groups -OCH3 is 1. The Morgan fingerprint density at radius 3 is 2.71 bits per heavy atom. The summed E-state index contributed by atoms with van der Waals surface area (Å²) in [7, 11) is 5.10. The molecule has 0 radical (unpaired) electrons. The first-order valence-electron chi connectivity index (χ1n) is 7.94. The maximum atomic E-state index is 11.8. The number of carbonyl (C=O) groups excluding carboxylic acids is 1. The molecule has 0 spiro atoms. The molecule has 1 atom stereocenters. The highest BCUT2D eigenvalue weighted by atomic mass is 79.9. The monoisotopic (exact) mass is 398 g/mol. The van der Waals surface area contributed by atoms with Crippen LogP contribution in [-0.4, -0.2) is 50.6 Å². The molecule has 0 aliphatic carbocycles. The predicted molar refractivity (Wildman–Crippen MR) is 101 cm³/mol. The number of hydrogen-bond donors (Lipinski definition) is 2. The van der Waals surface area contributed by atoms with Gasteiger partial charge in [0.1, 0.15) is 5.75 Å². The number of nitrogens with one attached hydrogen (secondary N) is 2. The lowest BCUT2D eigenvalue weighted by molar-refractivity contribution is -0.127. The predicted octanol–water partition coefficient (Wildman–Crippen LogP) is 2.38. The summed E-state index contributed by atoms with van der Waals surface area (Å²) < 4.78 is 6.35. The number of amides is 1. The van der Waals surface area contributed by atoms with Crippen molar-refractivity contribution in [2.45, 2.75) is 32.9 Å². The number of carbonyl (C=O) groups is 1. The van der Waals surface area contributed by atoms with Gasteiger partial charge in [-0.25, -0.2) is 4.99 Å². The molecule has 0 aromatic heterocycles. The van der Waals surface area contributed by atoms with Crippen molar-refractivity contribution < 1.29 is 9.53 Å². The molecule has 0 saturated heterocycles. The Labute approximate surface area is 152 Å². The maximum absolute atomic E-state index is 11.8. The Morgan fingerprint density at radius 2 is 2.12 bits per heavy atom. The fourth-order valence-corrected chi connectivity index (χ4v) is 2.25. The Morgan fingerprint density at radius 1 is 1.42 bits per heavy atom. The van der Waals surface area contributed by atoms with E-state index in [1.807, 2.05) is 18.2 Å². The zero-order valence-corrected chi connectivity index (χ0v) is 16.6. The lowest BCUT2D eigenvalue weighted by Crippen LogP contribution is -2.45. The van der Waals surface area contributed by atoms with Crippen LogP contribution in [0.2, 0.25) is 0 Å². The van der Waals surface area contributed by atoms with Crippen LogP contribution in [0, 0.1) is 0 Å². The number of halogens is 1. The SMILES string of the molecule is CCC(C)NC(=NCc1cc(Br)ccc1OC)NCC(=O)N(C)C. The number of nitrogens with zero attached hydrogens (tertiary/aromatic N) is 2. The molecule has 134 valence electrons. The molecule has 7 heteroatoms. The Balaban J connectivity index is 2.87. The van der Waals surface area contributed by atoms with Crippen LogP contribution in [0.15, 0.2) is 27.7 Å². The fraction of sp³-hybridized carbons (Fsp3) is 0.529. The van der Waals surface area contributed by atoms with Crippen molar-refractivity contribution in [2.24, 2.45) is 4.99 Å². The average molecular weight is 399 g/mol. The number of benzene rings is 1. The Bertz CT molecular complexity index is 576. The minimum absolute atomic E-state index is 0.00584. The van der Waals surface area contributed by atoms with Crippen molar-refractivity contribution in [3.63, 3.8) is 0 Å². The summed E-state index contributed by atoms with van der Waals surface area (Å²) in [6.45, 7) is 4.82. The van der Waals surface area contributed by atoms with Gasteiger partial charge in [-0.2, -0.15) is 0 Å². The van der Waals surface area contributed by atoms with Crippen molar-refractivity contribution in [2.75, 3.05) is 27.7 Å². The van der Waals surface area contributed by atoms with Crippen molar-refractivity contribution >= 4 is 27.8 Å². The van der Waals surface area contributed by atoms with Gasteiger partial charge in [0.05, 0.1) is 20.2 Å². The summed E-state index contributed by atoms with van der Waals surface area (Å²) in [5.41, 5.74) is 0.969. The van der Waals surface area contributed by atoms with Gasteiger partial charge < -0.3 is 20.3 Å². The molecule has 6 nitrogen and oxygen atoms in total. The molecule has 0 heterocycles. The summed E-state index contributed by atoms with van der Waals surface area (Å²) in [5.74, 6) is 1.39. The highest BCUT2D eigenvalue weighted by molar-refractivity contribution is 9.10. The molecule has 24 heavy (non-hydrogen) atoms. The van der Waals surface area contributed by atoms with Crippen molar-refractivity contribution in [3.8, 4) is 5.75 Å². The number of guanidine groups is 1. The first kappa shape index (κ1) is 20.3. The summed E-state index contributed by atoms with van der Waals surface area (Å²) >= 11 is 3.46. The third kappa shape index (κ3) is 6.78. The van der Waals surface area contributed by atoms with Gasteiger partial charge in [-0.15, -0.1) is 0 Å². The van der Waals surface area contributed by atoms with E-state index in [9.17, 15) is 4.79 Å². The highest BCUT2D eigenvalue weighted by Crippen LogP contribution is 2.23. The van der Waals surface area contributed by atoms with E-state index >= 15 is 0 Å². The first-order valence-corrected chi connectivity index (χ1v) is 8.74. The average Bonchev–Trinajstić information content (AvgIpc) is 2.56. The molecule has 1 amide bonds. The fourth-order valence-electron chi connectivity index (χ4n) is 1.84. The number of likely N-dealkylation sites (N-methyl/N-ethyl adjacent to an activating group) is 1. The van der Waals surface area contributed by atoms with Gasteiger partial charge >= 0.3 is 0 Å². The zero-order valence-electron chi connectivity index (χ0n) is 15.0. The summed E-state index contributed by atoms with van der Waals surface area (Å²) in [6.07, 6.45) is 0.961. The van der Waals surface area contributed by atoms with Crippen LogP contribution < -0.4 is 15.4 Å². The van der Waals surface area contributed by atoms with E-state index in [0.29, 0.717) is 12.5 Å². The second-order valence-corrected chi connectivity index (χ2v) is 6.63. The molecule has 0 fully saturated rings. The molecule has 0 aliphatic heterocycles. The van der Waals surface area contributed by atoms with Crippen molar-refractivity contribution in [3.05, 3.63) is 28.2 Å². The third-order valence-electron chi connectivity index (χ3n) is 3.55. The number of hydrogen-bond acceptors (Lipinski definition) is 3. The second kappa shape index (κ2) is 10.2. The number of rotatable bonds is 7. The van der Waals surface area contributed by atoms with Crippen LogP contribution in [0.4, 0.5) is 0 Å². The molecule has 1 rings (SSSR count). The molecular formula is C17H27BrN4O2. The van der Waals surface area contributed by atoms with E-state index in [4.69, 9.17) is 4.74 Å². The largest absolute Gasteiger partial charge is 0.496 e. The number of aliphatic imine (C=N–C) groups is 1. The van der Waals surface area contributed by atoms with E-state index in [0.717, 1.165) is 22.2 Å². The standard InChI is InChI=1S/C17H27BrN4O2/c1-6-12(2)21-17(20-11-16(23)22(3)4)19-10-13-9-14(18)7-8-15(13)24-5/h7-9,12H,6,10-11H2,1-5H3,(H2,19,20,21). The van der Waals surface area contributed by atoms with Crippen LogP contribution in [0.1, 0.15) is 25.8 Å². The van der Waals surface area contributed by atoms with E-state index < -0.39 is 0 Å². The molecular weight excluding hydrogens is 372 g/mol. The normalized spacial score (nSPS) is 12.5. The summed E-state index contributed by atoms with van der Waals surface area (Å²) in [6, 6.07) is 6.07. The zero-order chi connectivity index (χ0) is 18.1. The van der Waals surface area contributed by atoms with E-state index in [2.05, 4.69) is 45.4 Å². The van der Waals surface area contributed by atoms with Gasteiger partial charge in [-0.3, -0.25) is 4.79 Å². The van der Waals surface area contributed by atoms with E-state index in [1.54, 1.807) is 26.1 Å². The van der Waals surface area contributed by atoms with Gasteiger partial charge in [0, 0.05) is 30.2 Å². The maximum Gasteiger partial charge on any atom is 0.241 e. The van der Waals surface area contributed by atoms with Crippen LogP contribution in [-0.2, 0) is 11.3 Å². The van der Waals surface area contributed by atoms with Gasteiger partial charge in [0.25, 0.3) is 0 Å². The van der Waals surface area contributed by atoms with E-state index in [-0.39, 0.29) is 18.5 Å². The highest BCUT2D eigenvalue weighted by Gasteiger charge is 2.09.